The van der Waals surface area contributed by atoms with Gasteiger partial charge in [-0.25, -0.2) is 0 Å². The minimum atomic E-state index is 0.929. The molecule has 13 heavy (non-hydrogen) atoms. The summed E-state index contributed by atoms with van der Waals surface area (Å²) in [4.78, 5) is 4.64. The Bertz CT molecular complexity index is 161. The predicted molar refractivity (Wildman–Crippen MR) is 58.0 cm³/mol. The summed E-state index contributed by atoms with van der Waals surface area (Å²) < 4.78 is 0. The monoisotopic (exact) mass is 183 g/mol. The van der Waals surface area contributed by atoms with Gasteiger partial charge in [-0.05, 0) is 25.8 Å². The van der Waals surface area contributed by atoms with Crippen LogP contribution in [0.3, 0.4) is 0 Å². The van der Waals surface area contributed by atoms with E-state index in [4.69, 9.17) is 0 Å². The van der Waals surface area contributed by atoms with Crippen LogP contribution in [0.25, 0.3) is 0 Å². The van der Waals surface area contributed by atoms with Crippen LogP contribution in [-0.4, -0.2) is 12.8 Å². The lowest BCUT2D eigenvalue weighted by atomic mass is 10.1. The molecule has 0 N–H and O–H groups in total. The molecule has 0 amide bonds. The maximum absolute atomic E-state index is 4.64. The van der Waals surface area contributed by atoms with Crippen molar-refractivity contribution in [2.75, 3.05) is 7.11 Å². The molecular weight excluding hydrogens is 162 g/mol. The fraction of sp³-hybridized carbons (Fsp3) is 0.727. The lowest BCUT2D eigenvalue weighted by molar-refractivity contribution is 0.213. The topological polar surface area (TPSA) is 21.6 Å². The minimum absolute atomic E-state index is 0.929. The van der Waals surface area contributed by atoms with Crippen molar-refractivity contribution < 1.29 is 4.84 Å². The van der Waals surface area contributed by atoms with Crippen molar-refractivity contribution in [2.24, 2.45) is 5.16 Å². The van der Waals surface area contributed by atoms with E-state index in [0.717, 1.165) is 12.1 Å². The fourth-order valence-electron chi connectivity index (χ4n) is 1.12. The van der Waals surface area contributed by atoms with Gasteiger partial charge in [0.15, 0.2) is 0 Å². The van der Waals surface area contributed by atoms with Crippen molar-refractivity contribution >= 4 is 5.71 Å². The minimum Gasteiger partial charge on any atom is -0.399 e. The Labute approximate surface area is 81.7 Å². The highest BCUT2D eigenvalue weighted by Crippen LogP contribution is 2.02. The maximum Gasteiger partial charge on any atom is 0.106 e. The van der Waals surface area contributed by atoms with E-state index in [1.54, 1.807) is 7.11 Å². The van der Waals surface area contributed by atoms with E-state index in [9.17, 15) is 0 Å². The first-order valence-electron chi connectivity index (χ1n) is 5.05. The summed E-state index contributed by atoms with van der Waals surface area (Å²) >= 11 is 0. The van der Waals surface area contributed by atoms with E-state index in [0.29, 0.717) is 0 Å². The molecule has 0 rings (SSSR count). The van der Waals surface area contributed by atoms with Crippen LogP contribution in [0, 0.1) is 0 Å². The standard InChI is InChI=1S/C11H21NO/c1-4-5-6-7-8-9-10-11(2)12-13-3/h9-10H,4-8H2,1-3H3/b10-9+,12-11+. The van der Waals surface area contributed by atoms with Crippen molar-refractivity contribution in [3.63, 3.8) is 0 Å². The van der Waals surface area contributed by atoms with Gasteiger partial charge in [0.2, 0.25) is 0 Å². The molecule has 0 aliphatic heterocycles. The van der Waals surface area contributed by atoms with Gasteiger partial charge in [-0.3, -0.25) is 0 Å². The van der Waals surface area contributed by atoms with Gasteiger partial charge >= 0.3 is 0 Å². The van der Waals surface area contributed by atoms with Crippen LogP contribution >= 0.6 is 0 Å². The molecule has 2 heteroatoms. The number of allylic oxidation sites excluding steroid dienone is 2. The van der Waals surface area contributed by atoms with Crippen LogP contribution in [0.5, 0.6) is 0 Å². The second kappa shape index (κ2) is 9.30. The van der Waals surface area contributed by atoms with Gasteiger partial charge in [-0.1, -0.05) is 37.4 Å². The average molecular weight is 183 g/mol. The van der Waals surface area contributed by atoms with E-state index in [2.05, 4.69) is 23.0 Å². The van der Waals surface area contributed by atoms with E-state index in [1.807, 2.05) is 13.0 Å². The van der Waals surface area contributed by atoms with E-state index in [1.165, 1.54) is 25.7 Å². The van der Waals surface area contributed by atoms with Crippen molar-refractivity contribution in [1.29, 1.82) is 0 Å². The molecule has 0 atom stereocenters. The second-order valence-corrected chi connectivity index (χ2v) is 3.17. The van der Waals surface area contributed by atoms with E-state index >= 15 is 0 Å². The largest absolute Gasteiger partial charge is 0.399 e. The summed E-state index contributed by atoms with van der Waals surface area (Å²) in [5.74, 6) is 0. The molecule has 0 bridgehead atoms. The normalized spacial score (nSPS) is 12.4. The Morgan fingerprint density at radius 2 is 2.08 bits per heavy atom. The summed E-state index contributed by atoms with van der Waals surface area (Å²) in [6.45, 7) is 4.16. The molecule has 0 fully saturated rings. The van der Waals surface area contributed by atoms with Gasteiger partial charge in [0.1, 0.15) is 7.11 Å². The van der Waals surface area contributed by atoms with E-state index in [-0.39, 0.29) is 0 Å². The molecule has 2 nitrogen and oxygen atoms in total. The highest BCUT2D eigenvalue weighted by atomic mass is 16.6. The number of rotatable bonds is 7. The molecule has 0 heterocycles. The third-order valence-corrected chi connectivity index (χ3v) is 1.82. The lowest BCUT2D eigenvalue weighted by Gasteiger charge is -1.94. The Balaban J connectivity index is 3.35. The Morgan fingerprint density at radius 3 is 2.69 bits per heavy atom. The molecule has 0 aromatic carbocycles. The Morgan fingerprint density at radius 1 is 1.31 bits per heavy atom. The summed E-state index contributed by atoms with van der Waals surface area (Å²) in [5, 5.41) is 3.79. The quantitative estimate of drug-likeness (QED) is 0.336. The summed E-state index contributed by atoms with van der Waals surface area (Å²) in [6, 6.07) is 0. The van der Waals surface area contributed by atoms with Crippen molar-refractivity contribution in [1.82, 2.24) is 0 Å². The first-order valence-corrected chi connectivity index (χ1v) is 5.05. The van der Waals surface area contributed by atoms with Crippen LogP contribution < -0.4 is 0 Å². The maximum atomic E-state index is 4.64. The van der Waals surface area contributed by atoms with Crippen LogP contribution in [-0.2, 0) is 4.84 Å². The predicted octanol–water partition coefficient (Wildman–Crippen LogP) is 3.54. The molecule has 0 aliphatic carbocycles. The van der Waals surface area contributed by atoms with Gasteiger partial charge in [0.25, 0.3) is 0 Å². The fourth-order valence-corrected chi connectivity index (χ4v) is 1.12. The smallest absolute Gasteiger partial charge is 0.106 e. The highest BCUT2D eigenvalue weighted by Gasteiger charge is 1.85. The third-order valence-electron chi connectivity index (χ3n) is 1.82. The molecule has 0 saturated heterocycles. The summed E-state index contributed by atoms with van der Waals surface area (Å²) in [5.41, 5.74) is 0.929. The Kier molecular flexibility index (Phi) is 8.73. The van der Waals surface area contributed by atoms with Gasteiger partial charge in [0, 0.05) is 0 Å². The molecule has 76 valence electrons. The molecule has 0 saturated carbocycles. The van der Waals surface area contributed by atoms with Crippen LogP contribution in [0.1, 0.15) is 46.0 Å². The van der Waals surface area contributed by atoms with Gasteiger partial charge in [0.05, 0.1) is 5.71 Å². The van der Waals surface area contributed by atoms with Gasteiger partial charge < -0.3 is 4.84 Å². The molecule has 0 aliphatic rings. The van der Waals surface area contributed by atoms with Crippen LogP contribution in [0.4, 0.5) is 0 Å². The number of unbranched alkanes of at least 4 members (excludes halogenated alkanes) is 4. The Hall–Kier alpha value is -0.790. The molecule has 0 radical (unpaired) electrons. The molecule has 0 spiro atoms. The first kappa shape index (κ1) is 12.2. The highest BCUT2D eigenvalue weighted by molar-refractivity contribution is 5.92. The van der Waals surface area contributed by atoms with Crippen molar-refractivity contribution in [2.45, 2.75) is 46.0 Å². The van der Waals surface area contributed by atoms with Gasteiger partial charge in [-0.2, -0.15) is 0 Å². The number of hydrogen-bond donors (Lipinski definition) is 0. The molecule has 0 aromatic heterocycles. The zero-order valence-electron chi connectivity index (χ0n) is 9.05. The van der Waals surface area contributed by atoms with Crippen molar-refractivity contribution in [3.05, 3.63) is 12.2 Å². The van der Waals surface area contributed by atoms with E-state index < -0.39 is 0 Å². The zero-order valence-corrected chi connectivity index (χ0v) is 9.05. The van der Waals surface area contributed by atoms with Gasteiger partial charge in [-0.15, -0.1) is 0 Å². The summed E-state index contributed by atoms with van der Waals surface area (Å²) in [6.07, 6.45) is 10.6. The second-order valence-electron chi connectivity index (χ2n) is 3.17. The molecule has 0 aromatic rings. The van der Waals surface area contributed by atoms with Crippen LogP contribution in [0.15, 0.2) is 17.3 Å². The number of oxime groups is 1. The zero-order chi connectivity index (χ0) is 9.94. The third kappa shape index (κ3) is 9.12. The molecule has 0 unspecified atom stereocenters. The lowest BCUT2D eigenvalue weighted by Crippen LogP contribution is -1.85. The van der Waals surface area contributed by atoms with Crippen LogP contribution in [0.2, 0.25) is 0 Å². The number of hydrogen-bond acceptors (Lipinski definition) is 2. The molecular formula is C11H21NO. The van der Waals surface area contributed by atoms with Crippen molar-refractivity contribution in [3.8, 4) is 0 Å². The average Bonchev–Trinajstić information content (AvgIpc) is 2.11. The SMILES string of the molecule is CCCCCC/C=C/C(C)=N/OC. The number of nitrogens with zero attached hydrogens (tertiary/aromatic N) is 1. The first-order chi connectivity index (χ1) is 6.31. The summed E-state index contributed by atoms with van der Waals surface area (Å²) in [7, 11) is 1.57.